The lowest BCUT2D eigenvalue weighted by atomic mass is 10.1. The van der Waals surface area contributed by atoms with Gasteiger partial charge in [-0.05, 0) is 31.5 Å². The number of nitrogens with zero attached hydrogens (tertiary/aromatic N) is 2. The molecule has 0 unspecified atom stereocenters. The fraction of sp³-hybridized carbons (Fsp3) is 0.250. The first kappa shape index (κ1) is 15.3. The Morgan fingerprint density at radius 1 is 1.29 bits per heavy atom. The van der Waals surface area contributed by atoms with Gasteiger partial charge in [0, 0.05) is 18.2 Å². The first-order valence-electron chi connectivity index (χ1n) is 6.75. The third-order valence-corrected chi connectivity index (χ3v) is 3.33. The summed E-state index contributed by atoms with van der Waals surface area (Å²) in [5, 5.41) is 0.224. The van der Waals surface area contributed by atoms with Crippen molar-refractivity contribution in [3.8, 4) is 0 Å². The molecule has 0 aliphatic heterocycles. The quantitative estimate of drug-likeness (QED) is 0.881. The summed E-state index contributed by atoms with van der Waals surface area (Å²) < 4.78 is 0. The normalized spacial score (nSPS) is 10.7. The van der Waals surface area contributed by atoms with Crippen molar-refractivity contribution in [3.63, 3.8) is 0 Å². The number of amides is 1. The molecule has 1 amide bonds. The van der Waals surface area contributed by atoms with Crippen molar-refractivity contribution in [1.29, 1.82) is 0 Å². The number of benzene rings is 1. The molecule has 0 bridgehead atoms. The Morgan fingerprint density at radius 2 is 1.95 bits per heavy atom. The molecule has 110 valence electrons. The van der Waals surface area contributed by atoms with Crippen LogP contribution in [0.3, 0.4) is 0 Å². The molecule has 21 heavy (non-hydrogen) atoms. The van der Waals surface area contributed by atoms with E-state index in [1.165, 1.54) is 0 Å². The molecule has 5 heteroatoms. The van der Waals surface area contributed by atoms with Crippen LogP contribution in [0.1, 0.15) is 29.8 Å². The van der Waals surface area contributed by atoms with Crippen LogP contribution in [-0.4, -0.2) is 21.8 Å². The van der Waals surface area contributed by atoms with Gasteiger partial charge in [-0.3, -0.25) is 4.79 Å². The Hall–Kier alpha value is -2.07. The molecular weight excluding hydrogens is 286 g/mol. The van der Waals surface area contributed by atoms with Gasteiger partial charge in [0.2, 0.25) is 0 Å². The van der Waals surface area contributed by atoms with Gasteiger partial charge in [-0.15, -0.1) is 0 Å². The first-order chi connectivity index (χ1) is 9.97. The van der Waals surface area contributed by atoms with E-state index < -0.39 is 0 Å². The number of hydrogen-bond acceptors (Lipinski definition) is 3. The van der Waals surface area contributed by atoms with Crippen LogP contribution in [-0.2, 0) is 6.54 Å². The second-order valence-electron chi connectivity index (χ2n) is 5.12. The largest absolute Gasteiger partial charge is 0.384 e. The Labute approximate surface area is 129 Å². The van der Waals surface area contributed by atoms with E-state index in [4.69, 9.17) is 17.3 Å². The average molecular weight is 304 g/mol. The number of hydrogen-bond donors (Lipinski definition) is 1. The van der Waals surface area contributed by atoms with Crippen molar-refractivity contribution in [2.75, 3.05) is 5.73 Å². The van der Waals surface area contributed by atoms with E-state index >= 15 is 0 Å². The van der Waals surface area contributed by atoms with Crippen LogP contribution >= 0.6 is 11.6 Å². The molecule has 4 nitrogen and oxygen atoms in total. The summed E-state index contributed by atoms with van der Waals surface area (Å²) in [5.41, 5.74) is 7.19. The van der Waals surface area contributed by atoms with E-state index in [1.807, 2.05) is 44.2 Å². The second-order valence-corrected chi connectivity index (χ2v) is 5.50. The van der Waals surface area contributed by atoms with Gasteiger partial charge in [0.25, 0.3) is 5.91 Å². The number of carbonyl (C=O) groups is 1. The topological polar surface area (TPSA) is 59.2 Å². The number of carbonyl (C=O) groups excluding carboxylic acids is 1. The zero-order valence-electron chi connectivity index (χ0n) is 12.1. The summed E-state index contributed by atoms with van der Waals surface area (Å²) in [6.07, 6.45) is 0. The number of aromatic nitrogens is 1. The Morgan fingerprint density at radius 3 is 2.52 bits per heavy atom. The smallest absolute Gasteiger partial charge is 0.254 e. The van der Waals surface area contributed by atoms with Crippen LogP contribution in [0.4, 0.5) is 5.82 Å². The van der Waals surface area contributed by atoms with Gasteiger partial charge < -0.3 is 10.6 Å². The standard InChI is InChI=1S/C16H18ClN3O/c1-11(2)20(10-12-6-4-3-5-7-12)16(21)13-8-14(17)19-15(18)9-13/h3-9,11H,10H2,1-2H3,(H2,18,19). The van der Waals surface area contributed by atoms with Gasteiger partial charge in [0.1, 0.15) is 11.0 Å². The second kappa shape index (κ2) is 6.59. The van der Waals surface area contributed by atoms with Crippen molar-refractivity contribution >= 4 is 23.3 Å². The molecule has 0 fully saturated rings. The Bertz CT molecular complexity index is 608. The minimum atomic E-state index is -0.107. The maximum Gasteiger partial charge on any atom is 0.254 e. The number of nitrogen functional groups attached to an aromatic ring is 1. The van der Waals surface area contributed by atoms with Gasteiger partial charge in [0.15, 0.2) is 0 Å². The van der Waals surface area contributed by atoms with Crippen LogP contribution in [0.25, 0.3) is 0 Å². The predicted molar refractivity (Wildman–Crippen MR) is 85.1 cm³/mol. The number of anilines is 1. The molecule has 1 aromatic carbocycles. The molecule has 1 heterocycles. The van der Waals surface area contributed by atoms with Crippen molar-refractivity contribution in [2.45, 2.75) is 26.4 Å². The molecule has 0 aliphatic carbocycles. The van der Waals surface area contributed by atoms with Crippen LogP contribution in [0.2, 0.25) is 5.15 Å². The Kier molecular flexibility index (Phi) is 4.81. The third kappa shape index (κ3) is 3.95. The molecule has 2 N–H and O–H groups in total. The van der Waals surface area contributed by atoms with Crippen molar-refractivity contribution in [3.05, 3.63) is 58.7 Å². The van der Waals surface area contributed by atoms with Crippen LogP contribution in [0.5, 0.6) is 0 Å². The van der Waals surface area contributed by atoms with Gasteiger partial charge in [0.05, 0.1) is 0 Å². The molecule has 1 aromatic heterocycles. The molecule has 0 atom stereocenters. The van der Waals surface area contributed by atoms with Crippen LogP contribution in [0, 0.1) is 0 Å². The Balaban J connectivity index is 2.27. The zero-order valence-corrected chi connectivity index (χ0v) is 12.8. The highest BCUT2D eigenvalue weighted by Gasteiger charge is 2.20. The lowest BCUT2D eigenvalue weighted by Gasteiger charge is -2.27. The van der Waals surface area contributed by atoms with E-state index in [2.05, 4.69) is 4.98 Å². The summed E-state index contributed by atoms with van der Waals surface area (Å²) in [5.74, 6) is 0.138. The SMILES string of the molecule is CC(C)N(Cc1ccccc1)C(=O)c1cc(N)nc(Cl)c1. The number of halogens is 1. The predicted octanol–water partition coefficient (Wildman–Crippen LogP) is 3.37. The highest BCUT2D eigenvalue weighted by atomic mass is 35.5. The fourth-order valence-corrected chi connectivity index (χ4v) is 2.29. The first-order valence-corrected chi connectivity index (χ1v) is 7.13. The van der Waals surface area contributed by atoms with E-state index in [0.717, 1.165) is 5.56 Å². The molecule has 0 saturated heterocycles. The van der Waals surface area contributed by atoms with Crippen molar-refractivity contribution in [1.82, 2.24) is 9.88 Å². The van der Waals surface area contributed by atoms with E-state index in [-0.39, 0.29) is 22.9 Å². The lowest BCUT2D eigenvalue weighted by molar-refractivity contribution is 0.0690. The molecule has 2 aromatic rings. The van der Waals surface area contributed by atoms with Gasteiger partial charge in [-0.1, -0.05) is 41.9 Å². The van der Waals surface area contributed by atoms with Crippen molar-refractivity contribution in [2.24, 2.45) is 0 Å². The number of pyridine rings is 1. The van der Waals surface area contributed by atoms with Crippen LogP contribution < -0.4 is 5.73 Å². The third-order valence-electron chi connectivity index (χ3n) is 3.14. The average Bonchev–Trinajstić information content (AvgIpc) is 2.44. The molecule has 0 radical (unpaired) electrons. The minimum Gasteiger partial charge on any atom is -0.384 e. The summed E-state index contributed by atoms with van der Waals surface area (Å²) in [6.45, 7) is 4.50. The molecule has 2 rings (SSSR count). The molecular formula is C16H18ClN3O. The van der Waals surface area contributed by atoms with Gasteiger partial charge in [-0.2, -0.15) is 0 Å². The molecule has 0 saturated carbocycles. The maximum atomic E-state index is 12.7. The summed E-state index contributed by atoms with van der Waals surface area (Å²) in [6, 6.07) is 13.0. The monoisotopic (exact) mass is 303 g/mol. The highest BCUT2D eigenvalue weighted by molar-refractivity contribution is 6.29. The van der Waals surface area contributed by atoms with Gasteiger partial charge in [-0.25, -0.2) is 4.98 Å². The summed E-state index contributed by atoms with van der Waals surface area (Å²) in [4.78, 5) is 18.3. The van der Waals surface area contributed by atoms with E-state index in [9.17, 15) is 4.79 Å². The molecule has 0 aliphatic rings. The summed E-state index contributed by atoms with van der Waals surface area (Å²) >= 11 is 5.88. The number of rotatable bonds is 4. The lowest BCUT2D eigenvalue weighted by Crippen LogP contribution is -2.36. The number of nitrogens with two attached hydrogens (primary N) is 1. The van der Waals surface area contributed by atoms with Crippen molar-refractivity contribution < 1.29 is 4.79 Å². The van der Waals surface area contributed by atoms with Crippen LogP contribution in [0.15, 0.2) is 42.5 Å². The summed E-state index contributed by atoms with van der Waals surface area (Å²) in [7, 11) is 0. The maximum absolute atomic E-state index is 12.7. The highest BCUT2D eigenvalue weighted by Crippen LogP contribution is 2.17. The van der Waals surface area contributed by atoms with Gasteiger partial charge >= 0.3 is 0 Å². The fourth-order valence-electron chi connectivity index (χ4n) is 2.08. The molecule has 0 spiro atoms. The van der Waals surface area contributed by atoms with E-state index in [0.29, 0.717) is 12.1 Å². The zero-order chi connectivity index (χ0) is 15.4. The van der Waals surface area contributed by atoms with E-state index in [1.54, 1.807) is 17.0 Å². The minimum absolute atomic E-state index is 0.0610.